The van der Waals surface area contributed by atoms with Crippen LogP contribution in [-0.4, -0.2) is 25.9 Å². The van der Waals surface area contributed by atoms with Crippen molar-refractivity contribution in [2.75, 3.05) is 0 Å². The molecule has 106 valence electrons. The van der Waals surface area contributed by atoms with Gasteiger partial charge in [-0.3, -0.25) is 9.78 Å². The maximum atomic E-state index is 12.4. The Morgan fingerprint density at radius 2 is 2.15 bits per heavy atom. The number of hydrogen-bond donors (Lipinski definition) is 1. The van der Waals surface area contributed by atoms with Gasteiger partial charge in [0.05, 0.1) is 29.0 Å². The van der Waals surface area contributed by atoms with Gasteiger partial charge in [0.25, 0.3) is 5.91 Å². The molecule has 10 heteroatoms. The smallest absolute Gasteiger partial charge is 0.364 e. The lowest BCUT2D eigenvalue weighted by Crippen LogP contribution is -2.11. The van der Waals surface area contributed by atoms with Crippen LogP contribution in [0.5, 0.6) is 0 Å². The fraction of sp³-hybridized carbons (Fsp3) is 0.200. The molecule has 1 amide bonds. The highest BCUT2D eigenvalue weighted by atomic mass is 35.5. The third-order valence-corrected chi connectivity index (χ3v) is 2.67. The molecule has 0 spiro atoms. The predicted molar refractivity (Wildman–Crippen MR) is 61.9 cm³/mol. The Morgan fingerprint density at radius 1 is 1.45 bits per heavy atom. The monoisotopic (exact) mass is 305 g/mol. The summed E-state index contributed by atoms with van der Waals surface area (Å²) in [4.78, 5) is 14.5. The van der Waals surface area contributed by atoms with Gasteiger partial charge in [-0.05, 0) is 6.07 Å². The van der Waals surface area contributed by atoms with Gasteiger partial charge < -0.3 is 5.73 Å². The van der Waals surface area contributed by atoms with E-state index < -0.39 is 17.6 Å². The van der Waals surface area contributed by atoms with Crippen LogP contribution in [0.2, 0.25) is 5.02 Å². The fourth-order valence-electron chi connectivity index (χ4n) is 1.38. The highest BCUT2D eigenvalue weighted by molar-refractivity contribution is 6.31. The number of amides is 1. The summed E-state index contributed by atoms with van der Waals surface area (Å²) < 4.78 is 38.5. The van der Waals surface area contributed by atoms with Gasteiger partial charge in [-0.1, -0.05) is 16.8 Å². The highest BCUT2D eigenvalue weighted by Gasteiger charge is 2.31. The molecule has 2 aromatic rings. The Hall–Kier alpha value is -2.16. The second kappa shape index (κ2) is 5.08. The molecule has 2 rings (SSSR count). The van der Waals surface area contributed by atoms with Gasteiger partial charge in [-0.2, -0.15) is 13.2 Å². The lowest BCUT2D eigenvalue weighted by molar-refractivity contribution is -0.137. The molecule has 0 aliphatic heterocycles. The van der Waals surface area contributed by atoms with Gasteiger partial charge in [0.15, 0.2) is 5.69 Å². The minimum atomic E-state index is -4.51. The molecule has 2 heterocycles. The van der Waals surface area contributed by atoms with Crippen LogP contribution in [0.1, 0.15) is 21.7 Å². The van der Waals surface area contributed by atoms with Crippen molar-refractivity contribution >= 4 is 17.5 Å². The molecular weight excluding hydrogens is 299 g/mol. The predicted octanol–water partition coefficient (Wildman–Crippen LogP) is 1.49. The van der Waals surface area contributed by atoms with E-state index in [0.29, 0.717) is 6.20 Å². The molecule has 0 bridgehead atoms. The second-order valence-electron chi connectivity index (χ2n) is 3.82. The van der Waals surface area contributed by atoms with Crippen molar-refractivity contribution < 1.29 is 18.0 Å². The van der Waals surface area contributed by atoms with Crippen molar-refractivity contribution in [1.82, 2.24) is 20.0 Å². The Labute approximate surface area is 115 Å². The van der Waals surface area contributed by atoms with E-state index in [0.717, 1.165) is 6.07 Å². The molecule has 0 unspecified atom stereocenters. The van der Waals surface area contributed by atoms with Crippen LogP contribution in [-0.2, 0) is 12.7 Å². The largest absolute Gasteiger partial charge is 0.417 e. The minimum absolute atomic E-state index is 0.0305. The standard InChI is InChI=1S/C10H7ClF3N5O/c11-6-1-5(10(12,13)14)2-16-7(6)3-19-4-8(9(15)20)17-18-19/h1-2,4H,3H2,(H2,15,20). The van der Waals surface area contributed by atoms with E-state index in [1.165, 1.54) is 10.9 Å². The van der Waals surface area contributed by atoms with Crippen LogP contribution in [0.4, 0.5) is 13.2 Å². The number of halogens is 4. The van der Waals surface area contributed by atoms with Crippen molar-refractivity contribution in [1.29, 1.82) is 0 Å². The van der Waals surface area contributed by atoms with Crippen molar-refractivity contribution in [2.24, 2.45) is 5.73 Å². The van der Waals surface area contributed by atoms with E-state index in [2.05, 4.69) is 15.3 Å². The maximum Gasteiger partial charge on any atom is 0.417 e. The molecule has 0 atom stereocenters. The Balaban J connectivity index is 2.23. The molecule has 0 radical (unpaired) electrons. The lowest BCUT2D eigenvalue weighted by Gasteiger charge is -2.08. The van der Waals surface area contributed by atoms with Crippen LogP contribution in [0.25, 0.3) is 0 Å². The average Bonchev–Trinajstić information content (AvgIpc) is 2.79. The van der Waals surface area contributed by atoms with Crippen LogP contribution in [0, 0.1) is 0 Å². The molecule has 0 saturated carbocycles. The first-order valence-corrected chi connectivity index (χ1v) is 5.56. The van der Waals surface area contributed by atoms with Crippen LogP contribution in [0.15, 0.2) is 18.5 Å². The molecule has 0 saturated heterocycles. The molecule has 2 N–H and O–H groups in total. The zero-order chi connectivity index (χ0) is 14.9. The normalized spacial score (nSPS) is 11.6. The van der Waals surface area contributed by atoms with Gasteiger partial charge in [-0.15, -0.1) is 5.10 Å². The van der Waals surface area contributed by atoms with Crippen LogP contribution < -0.4 is 5.73 Å². The molecule has 0 aliphatic rings. The third kappa shape index (κ3) is 3.05. The quantitative estimate of drug-likeness (QED) is 0.931. The van der Waals surface area contributed by atoms with Gasteiger partial charge in [0.1, 0.15) is 0 Å². The second-order valence-corrected chi connectivity index (χ2v) is 4.22. The van der Waals surface area contributed by atoms with E-state index >= 15 is 0 Å². The molecular formula is C10H7ClF3N5O. The summed E-state index contributed by atoms with van der Waals surface area (Å²) in [6.45, 7) is -0.0305. The van der Waals surface area contributed by atoms with Gasteiger partial charge in [0.2, 0.25) is 0 Å². The summed E-state index contributed by atoms with van der Waals surface area (Å²) in [7, 11) is 0. The topological polar surface area (TPSA) is 86.7 Å². The number of primary amides is 1. The third-order valence-electron chi connectivity index (χ3n) is 2.35. The van der Waals surface area contributed by atoms with Crippen LogP contribution in [0.3, 0.4) is 0 Å². The van der Waals surface area contributed by atoms with Gasteiger partial charge in [0, 0.05) is 6.20 Å². The molecule has 0 fully saturated rings. The lowest BCUT2D eigenvalue weighted by atomic mass is 10.2. The van der Waals surface area contributed by atoms with E-state index in [1.54, 1.807) is 0 Å². The number of nitrogens with zero attached hydrogens (tertiary/aromatic N) is 4. The maximum absolute atomic E-state index is 12.4. The zero-order valence-corrected chi connectivity index (χ0v) is 10.5. The minimum Gasteiger partial charge on any atom is -0.364 e. The molecule has 0 aromatic carbocycles. The number of nitrogens with two attached hydrogens (primary N) is 1. The van der Waals surface area contributed by atoms with E-state index in [-0.39, 0.29) is 23.0 Å². The van der Waals surface area contributed by atoms with Crippen molar-refractivity contribution in [3.63, 3.8) is 0 Å². The average molecular weight is 306 g/mol. The number of carbonyl (C=O) groups is 1. The van der Waals surface area contributed by atoms with E-state index in [9.17, 15) is 18.0 Å². The number of carbonyl (C=O) groups excluding carboxylic acids is 1. The summed E-state index contributed by atoms with van der Waals surface area (Å²) in [5.41, 5.74) is 4.16. The number of aromatic nitrogens is 4. The van der Waals surface area contributed by atoms with Crippen molar-refractivity contribution in [3.05, 3.63) is 40.4 Å². The van der Waals surface area contributed by atoms with Crippen LogP contribution >= 0.6 is 11.6 Å². The number of pyridine rings is 1. The SMILES string of the molecule is NC(=O)c1cn(Cc2ncc(C(F)(F)F)cc2Cl)nn1. The summed E-state index contributed by atoms with van der Waals surface area (Å²) in [6, 6.07) is 0.774. The van der Waals surface area contributed by atoms with Gasteiger partial charge >= 0.3 is 6.18 Å². The number of hydrogen-bond acceptors (Lipinski definition) is 4. The van der Waals surface area contributed by atoms with Gasteiger partial charge in [-0.25, -0.2) is 4.68 Å². The first kappa shape index (κ1) is 14.3. The molecule has 0 aliphatic carbocycles. The summed E-state index contributed by atoms with van der Waals surface area (Å²) in [5, 5.41) is 6.92. The number of rotatable bonds is 3. The molecule has 6 nitrogen and oxygen atoms in total. The summed E-state index contributed by atoms with van der Waals surface area (Å²) in [6.07, 6.45) is -2.59. The van der Waals surface area contributed by atoms with Crippen molar-refractivity contribution in [3.8, 4) is 0 Å². The Morgan fingerprint density at radius 3 is 2.65 bits per heavy atom. The summed E-state index contributed by atoms with van der Waals surface area (Å²) >= 11 is 5.74. The first-order valence-electron chi connectivity index (χ1n) is 5.19. The van der Waals surface area contributed by atoms with E-state index in [4.69, 9.17) is 17.3 Å². The Bertz CT molecular complexity index is 655. The zero-order valence-electron chi connectivity index (χ0n) is 9.73. The first-order chi connectivity index (χ1) is 9.27. The van der Waals surface area contributed by atoms with E-state index in [1.807, 2.05) is 0 Å². The Kier molecular flexibility index (Phi) is 3.62. The summed E-state index contributed by atoms with van der Waals surface area (Å²) in [5.74, 6) is -0.761. The number of alkyl halides is 3. The van der Waals surface area contributed by atoms with Crippen molar-refractivity contribution in [2.45, 2.75) is 12.7 Å². The molecule has 2 aromatic heterocycles. The molecule has 20 heavy (non-hydrogen) atoms. The highest BCUT2D eigenvalue weighted by Crippen LogP contribution is 2.31. The fourth-order valence-corrected chi connectivity index (χ4v) is 1.61.